The van der Waals surface area contributed by atoms with E-state index in [0.29, 0.717) is 0 Å². The molecule has 0 aliphatic carbocycles. The second-order valence-electron chi connectivity index (χ2n) is 4.80. The van der Waals surface area contributed by atoms with Crippen molar-refractivity contribution >= 4 is 11.9 Å². The highest BCUT2D eigenvalue weighted by Gasteiger charge is 2.66. The van der Waals surface area contributed by atoms with Crippen LogP contribution in [0.25, 0.3) is 0 Å². The van der Waals surface area contributed by atoms with E-state index in [0.717, 1.165) is 0 Å². The maximum absolute atomic E-state index is 11.8. The summed E-state index contributed by atoms with van der Waals surface area (Å²) < 4.78 is 15.3. The first kappa shape index (κ1) is 12.1. The molecule has 0 unspecified atom stereocenters. The Kier molecular flexibility index (Phi) is 2.54. The van der Waals surface area contributed by atoms with Gasteiger partial charge in [-0.05, 0) is 13.8 Å². The predicted molar refractivity (Wildman–Crippen MR) is 58.0 cm³/mol. The molecule has 0 aromatic carbocycles. The van der Waals surface area contributed by atoms with E-state index in [-0.39, 0.29) is 0 Å². The number of ether oxygens (including phenoxy) is 3. The average Bonchev–Trinajstić information content (AvgIpc) is 2.72. The SMILES string of the molecule is COC(=O)[C@@H]1[C@H](C(=O)OC)[C@]2(C)C=C[C@@]1(C)O2. The van der Waals surface area contributed by atoms with E-state index >= 15 is 0 Å². The lowest BCUT2D eigenvalue weighted by Crippen LogP contribution is -2.45. The highest BCUT2D eigenvalue weighted by Crippen LogP contribution is 2.53. The van der Waals surface area contributed by atoms with E-state index in [1.165, 1.54) is 14.2 Å². The van der Waals surface area contributed by atoms with Crippen molar-refractivity contribution in [3.8, 4) is 0 Å². The van der Waals surface area contributed by atoms with Crippen LogP contribution in [0.3, 0.4) is 0 Å². The third-order valence-electron chi connectivity index (χ3n) is 3.66. The van der Waals surface area contributed by atoms with Crippen LogP contribution < -0.4 is 0 Å². The maximum atomic E-state index is 11.8. The molecule has 0 aromatic rings. The van der Waals surface area contributed by atoms with Crippen molar-refractivity contribution < 1.29 is 23.8 Å². The van der Waals surface area contributed by atoms with Gasteiger partial charge in [-0.3, -0.25) is 9.59 Å². The van der Waals surface area contributed by atoms with Crippen LogP contribution in [0.1, 0.15) is 13.8 Å². The highest BCUT2D eigenvalue weighted by atomic mass is 16.6. The first-order valence-corrected chi connectivity index (χ1v) is 5.44. The van der Waals surface area contributed by atoms with E-state index < -0.39 is 35.0 Å². The van der Waals surface area contributed by atoms with E-state index in [2.05, 4.69) is 0 Å². The minimum absolute atomic E-state index is 0.448. The van der Waals surface area contributed by atoms with Crippen molar-refractivity contribution in [2.75, 3.05) is 14.2 Å². The van der Waals surface area contributed by atoms with Crippen molar-refractivity contribution in [3.63, 3.8) is 0 Å². The van der Waals surface area contributed by atoms with Gasteiger partial charge < -0.3 is 14.2 Å². The summed E-state index contributed by atoms with van der Waals surface area (Å²) in [5.74, 6) is -2.21. The Labute approximate surface area is 99.7 Å². The Morgan fingerprint density at radius 3 is 1.65 bits per heavy atom. The number of rotatable bonds is 2. The molecular formula is C12H16O5. The van der Waals surface area contributed by atoms with E-state index in [4.69, 9.17) is 14.2 Å². The Morgan fingerprint density at radius 2 is 1.35 bits per heavy atom. The number of hydrogen-bond donors (Lipinski definition) is 0. The summed E-state index contributed by atoms with van der Waals surface area (Å²) in [5, 5.41) is 0. The summed E-state index contributed by atoms with van der Waals surface area (Å²) in [6, 6.07) is 0. The minimum Gasteiger partial charge on any atom is -0.469 e. The average molecular weight is 240 g/mol. The lowest BCUT2D eigenvalue weighted by atomic mass is 9.71. The molecule has 5 heteroatoms. The summed E-state index contributed by atoms with van der Waals surface area (Å²) in [7, 11) is 2.61. The highest BCUT2D eigenvalue weighted by molar-refractivity contribution is 5.86. The number of esters is 2. The molecular weight excluding hydrogens is 224 g/mol. The fourth-order valence-corrected chi connectivity index (χ4v) is 2.86. The number of fused-ring (bicyclic) bond motifs is 2. The van der Waals surface area contributed by atoms with Crippen LogP contribution in [0, 0.1) is 11.8 Å². The van der Waals surface area contributed by atoms with Gasteiger partial charge in [-0.25, -0.2) is 0 Å². The van der Waals surface area contributed by atoms with Crippen LogP contribution in [-0.2, 0) is 23.8 Å². The summed E-state index contributed by atoms with van der Waals surface area (Å²) in [5.41, 5.74) is -1.58. The summed E-state index contributed by atoms with van der Waals surface area (Å²) in [6.07, 6.45) is 3.63. The standard InChI is InChI=1S/C12H16O5/c1-11-5-6-12(2,17-11)8(10(14)16-4)7(11)9(13)15-3/h5-8H,1-4H3/t7-,8+,11+,12-. The van der Waals surface area contributed by atoms with Gasteiger partial charge in [0, 0.05) is 0 Å². The van der Waals surface area contributed by atoms with E-state index in [1.807, 2.05) is 12.2 Å². The molecule has 0 amide bonds. The second-order valence-corrected chi connectivity index (χ2v) is 4.80. The zero-order valence-corrected chi connectivity index (χ0v) is 10.4. The smallest absolute Gasteiger partial charge is 0.312 e. The molecule has 2 heterocycles. The molecule has 94 valence electrons. The zero-order chi connectivity index (χ0) is 12.8. The van der Waals surface area contributed by atoms with Gasteiger partial charge in [-0.2, -0.15) is 0 Å². The van der Waals surface area contributed by atoms with Crippen LogP contribution in [0.4, 0.5) is 0 Å². The number of hydrogen-bond acceptors (Lipinski definition) is 5. The number of methoxy groups -OCH3 is 2. The van der Waals surface area contributed by atoms with Crippen LogP contribution >= 0.6 is 0 Å². The molecule has 0 spiro atoms. The van der Waals surface area contributed by atoms with Crippen LogP contribution in [-0.4, -0.2) is 37.4 Å². The van der Waals surface area contributed by atoms with Gasteiger partial charge in [0.05, 0.1) is 25.4 Å². The maximum Gasteiger partial charge on any atom is 0.312 e. The van der Waals surface area contributed by atoms with Gasteiger partial charge >= 0.3 is 11.9 Å². The molecule has 2 aliphatic rings. The topological polar surface area (TPSA) is 61.8 Å². The fourth-order valence-electron chi connectivity index (χ4n) is 2.86. The molecule has 1 fully saturated rings. The summed E-state index contributed by atoms with van der Waals surface area (Å²) in [4.78, 5) is 23.7. The molecule has 17 heavy (non-hydrogen) atoms. The van der Waals surface area contributed by atoms with Gasteiger partial charge in [0.1, 0.15) is 11.8 Å². The zero-order valence-electron chi connectivity index (χ0n) is 10.4. The predicted octanol–water partition coefficient (Wildman–Crippen LogP) is 0.682. The summed E-state index contributed by atoms with van der Waals surface area (Å²) >= 11 is 0. The molecule has 2 rings (SSSR count). The molecule has 0 N–H and O–H groups in total. The lowest BCUT2D eigenvalue weighted by Gasteiger charge is -2.28. The molecule has 2 bridgehead atoms. The molecule has 4 atom stereocenters. The Hall–Kier alpha value is -1.36. The number of carbonyl (C=O) groups excluding carboxylic acids is 2. The van der Waals surface area contributed by atoms with Crippen molar-refractivity contribution in [1.82, 2.24) is 0 Å². The molecule has 2 aliphatic heterocycles. The van der Waals surface area contributed by atoms with E-state index in [1.54, 1.807) is 13.8 Å². The Balaban J connectivity index is 2.44. The second kappa shape index (κ2) is 3.57. The number of carbonyl (C=O) groups is 2. The largest absolute Gasteiger partial charge is 0.469 e. The quantitative estimate of drug-likeness (QED) is 0.524. The fraction of sp³-hybridized carbons (Fsp3) is 0.667. The van der Waals surface area contributed by atoms with Gasteiger partial charge in [0.15, 0.2) is 0 Å². The minimum atomic E-state index is -0.791. The van der Waals surface area contributed by atoms with Gasteiger partial charge in [0.2, 0.25) is 0 Å². The molecule has 0 aromatic heterocycles. The molecule has 0 radical (unpaired) electrons. The monoisotopic (exact) mass is 240 g/mol. The summed E-state index contributed by atoms with van der Waals surface area (Å²) in [6.45, 7) is 3.55. The first-order chi connectivity index (χ1) is 7.88. The van der Waals surface area contributed by atoms with Crippen LogP contribution in [0.5, 0.6) is 0 Å². The lowest BCUT2D eigenvalue weighted by molar-refractivity contribution is -0.158. The van der Waals surface area contributed by atoms with Gasteiger partial charge in [-0.1, -0.05) is 12.2 Å². The third kappa shape index (κ3) is 1.49. The first-order valence-electron chi connectivity index (χ1n) is 5.44. The molecule has 0 saturated carbocycles. The van der Waals surface area contributed by atoms with Gasteiger partial charge in [0.25, 0.3) is 0 Å². The van der Waals surface area contributed by atoms with Crippen molar-refractivity contribution in [1.29, 1.82) is 0 Å². The Morgan fingerprint density at radius 1 is 1.00 bits per heavy atom. The van der Waals surface area contributed by atoms with E-state index in [9.17, 15) is 9.59 Å². The van der Waals surface area contributed by atoms with Crippen molar-refractivity contribution in [3.05, 3.63) is 12.2 Å². The van der Waals surface area contributed by atoms with Gasteiger partial charge in [-0.15, -0.1) is 0 Å². The van der Waals surface area contributed by atoms with Crippen molar-refractivity contribution in [2.45, 2.75) is 25.0 Å². The molecule has 5 nitrogen and oxygen atoms in total. The molecule has 1 saturated heterocycles. The normalized spacial score (nSPS) is 42.6. The third-order valence-corrected chi connectivity index (χ3v) is 3.66. The van der Waals surface area contributed by atoms with Crippen LogP contribution in [0.2, 0.25) is 0 Å². The Bertz CT molecular complexity index is 366. The van der Waals surface area contributed by atoms with Crippen molar-refractivity contribution in [2.24, 2.45) is 11.8 Å². The van der Waals surface area contributed by atoms with Crippen LogP contribution in [0.15, 0.2) is 12.2 Å².